The number of anilines is 1. The van der Waals surface area contributed by atoms with Crippen LogP contribution in [0.15, 0.2) is 29.7 Å². The molecule has 0 fully saturated rings. The lowest BCUT2D eigenvalue weighted by Gasteiger charge is -2.09. The fraction of sp³-hybridized carbons (Fsp3) is 0.273. The average molecular weight is 275 g/mol. The van der Waals surface area contributed by atoms with Gasteiger partial charge in [0.25, 0.3) is 0 Å². The summed E-state index contributed by atoms with van der Waals surface area (Å²) in [5, 5.41) is 0.169. The molecular formula is C11H15ClN2O2S. The van der Waals surface area contributed by atoms with Crippen LogP contribution in [0.2, 0.25) is 5.02 Å². The molecule has 0 saturated heterocycles. The number of nitrogens with one attached hydrogen (secondary N) is 1. The standard InChI is InChI=1S/C11H15ClN2O2S/c1-3-4-5-14-17(15,16)11-7-10(13)8(2)6-9(11)12/h3,6-7,14H,1,4-5,13H2,2H3. The first-order valence-electron chi connectivity index (χ1n) is 5.04. The van der Waals surface area contributed by atoms with Crippen molar-refractivity contribution in [2.45, 2.75) is 18.2 Å². The van der Waals surface area contributed by atoms with Crippen molar-refractivity contribution in [3.63, 3.8) is 0 Å². The van der Waals surface area contributed by atoms with E-state index in [0.717, 1.165) is 5.56 Å². The Morgan fingerprint density at radius 1 is 1.53 bits per heavy atom. The predicted molar refractivity (Wildman–Crippen MR) is 70.6 cm³/mol. The summed E-state index contributed by atoms with van der Waals surface area (Å²) in [4.78, 5) is 0.00586. The van der Waals surface area contributed by atoms with E-state index in [1.807, 2.05) is 0 Å². The lowest BCUT2D eigenvalue weighted by molar-refractivity contribution is 0.582. The predicted octanol–water partition coefficient (Wildman–Crippen LogP) is 2.09. The third kappa shape index (κ3) is 3.46. The molecule has 6 heteroatoms. The summed E-state index contributed by atoms with van der Waals surface area (Å²) in [5.41, 5.74) is 6.83. The van der Waals surface area contributed by atoms with Gasteiger partial charge >= 0.3 is 0 Å². The summed E-state index contributed by atoms with van der Waals surface area (Å²) in [6.07, 6.45) is 2.19. The van der Waals surface area contributed by atoms with Gasteiger partial charge in [0.05, 0.1) is 5.02 Å². The molecule has 0 unspecified atom stereocenters. The largest absolute Gasteiger partial charge is 0.398 e. The van der Waals surface area contributed by atoms with Crippen LogP contribution in [0.4, 0.5) is 5.69 Å². The van der Waals surface area contributed by atoms with Gasteiger partial charge in [-0.05, 0) is 31.0 Å². The zero-order chi connectivity index (χ0) is 13.1. The van der Waals surface area contributed by atoms with Crippen LogP contribution in [-0.2, 0) is 10.0 Å². The lowest BCUT2D eigenvalue weighted by Crippen LogP contribution is -2.25. The second-order valence-corrected chi connectivity index (χ2v) is 5.76. The zero-order valence-electron chi connectivity index (χ0n) is 9.53. The molecule has 0 spiro atoms. The molecular weight excluding hydrogens is 260 g/mol. The van der Waals surface area contributed by atoms with E-state index in [1.54, 1.807) is 19.1 Å². The number of benzene rings is 1. The van der Waals surface area contributed by atoms with Gasteiger partial charge < -0.3 is 5.73 Å². The van der Waals surface area contributed by atoms with Crippen molar-refractivity contribution in [1.29, 1.82) is 0 Å². The smallest absolute Gasteiger partial charge is 0.242 e. The fourth-order valence-electron chi connectivity index (χ4n) is 1.25. The van der Waals surface area contributed by atoms with Crippen molar-refractivity contribution >= 4 is 27.3 Å². The molecule has 17 heavy (non-hydrogen) atoms. The van der Waals surface area contributed by atoms with Crippen LogP contribution in [0.25, 0.3) is 0 Å². The van der Waals surface area contributed by atoms with E-state index in [9.17, 15) is 8.42 Å². The molecule has 0 saturated carbocycles. The Kier molecular flexibility index (Phi) is 4.56. The molecule has 0 aliphatic rings. The molecule has 1 aromatic rings. The number of sulfonamides is 1. The Labute approximate surface area is 107 Å². The number of halogens is 1. The van der Waals surface area contributed by atoms with Gasteiger partial charge in [0.15, 0.2) is 0 Å². The van der Waals surface area contributed by atoms with Crippen molar-refractivity contribution in [3.05, 3.63) is 35.4 Å². The highest BCUT2D eigenvalue weighted by atomic mass is 35.5. The van der Waals surface area contributed by atoms with E-state index in [1.165, 1.54) is 6.07 Å². The first kappa shape index (κ1) is 14.0. The van der Waals surface area contributed by atoms with Crippen LogP contribution >= 0.6 is 11.6 Å². The van der Waals surface area contributed by atoms with Gasteiger partial charge in [-0.2, -0.15) is 0 Å². The van der Waals surface area contributed by atoms with Crippen LogP contribution in [0, 0.1) is 6.92 Å². The summed E-state index contributed by atoms with van der Waals surface area (Å²) in [7, 11) is -3.61. The molecule has 0 radical (unpaired) electrons. The summed E-state index contributed by atoms with van der Waals surface area (Å²) in [6.45, 7) is 5.57. The van der Waals surface area contributed by atoms with E-state index in [-0.39, 0.29) is 16.5 Å². The minimum atomic E-state index is -3.61. The van der Waals surface area contributed by atoms with Crippen molar-refractivity contribution in [3.8, 4) is 0 Å². The van der Waals surface area contributed by atoms with Gasteiger partial charge in [0.1, 0.15) is 4.90 Å². The molecule has 3 N–H and O–H groups in total. The number of aryl methyl sites for hydroxylation is 1. The number of hydrogen-bond donors (Lipinski definition) is 2. The maximum Gasteiger partial charge on any atom is 0.242 e. The fourth-order valence-corrected chi connectivity index (χ4v) is 2.91. The number of nitrogens with two attached hydrogens (primary N) is 1. The number of nitrogen functional groups attached to an aromatic ring is 1. The van der Waals surface area contributed by atoms with Gasteiger partial charge in [-0.25, -0.2) is 13.1 Å². The molecule has 0 aromatic heterocycles. The van der Waals surface area contributed by atoms with Gasteiger partial charge in [0.2, 0.25) is 10.0 Å². The Morgan fingerprint density at radius 2 is 2.18 bits per heavy atom. The molecule has 0 aliphatic heterocycles. The highest BCUT2D eigenvalue weighted by molar-refractivity contribution is 7.89. The minimum absolute atomic E-state index is 0.00586. The molecule has 94 valence electrons. The normalized spacial score (nSPS) is 11.4. The zero-order valence-corrected chi connectivity index (χ0v) is 11.1. The van der Waals surface area contributed by atoms with E-state index in [0.29, 0.717) is 12.1 Å². The molecule has 0 atom stereocenters. The summed E-state index contributed by atoms with van der Waals surface area (Å²) in [5.74, 6) is 0. The minimum Gasteiger partial charge on any atom is -0.398 e. The van der Waals surface area contributed by atoms with E-state index in [2.05, 4.69) is 11.3 Å². The molecule has 0 bridgehead atoms. The molecule has 0 amide bonds. The second kappa shape index (κ2) is 5.53. The van der Waals surface area contributed by atoms with E-state index in [4.69, 9.17) is 17.3 Å². The Bertz CT molecular complexity index is 527. The SMILES string of the molecule is C=CCCNS(=O)(=O)c1cc(N)c(C)cc1Cl. The monoisotopic (exact) mass is 274 g/mol. The first-order chi connectivity index (χ1) is 7.88. The highest BCUT2D eigenvalue weighted by Crippen LogP contribution is 2.26. The van der Waals surface area contributed by atoms with Crippen LogP contribution < -0.4 is 10.5 Å². The highest BCUT2D eigenvalue weighted by Gasteiger charge is 2.18. The molecule has 4 nitrogen and oxygen atoms in total. The van der Waals surface area contributed by atoms with E-state index < -0.39 is 10.0 Å². The van der Waals surface area contributed by atoms with Crippen molar-refractivity contribution in [2.75, 3.05) is 12.3 Å². The number of hydrogen-bond acceptors (Lipinski definition) is 3. The van der Waals surface area contributed by atoms with Crippen LogP contribution in [0.5, 0.6) is 0 Å². The molecule has 0 heterocycles. The Hall–Kier alpha value is -1.04. The van der Waals surface area contributed by atoms with Crippen molar-refractivity contribution < 1.29 is 8.42 Å². The van der Waals surface area contributed by atoms with Gasteiger partial charge in [0, 0.05) is 12.2 Å². The molecule has 1 aromatic carbocycles. The summed E-state index contributed by atoms with van der Waals surface area (Å²) >= 11 is 5.90. The third-order valence-corrected chi connectivity index (χ3v) is 4.18. The molecule has 0 aliphatic carbocycles. The van der Waals surface area contributed by atoms with Crippen molar-refractivity contribution in [2.24, 2.45) is 0 Å². The van der Waals surface area contributed by atoms with Crippen molar-refractivity contribution in [1.82, 2.24) is 4.72 Å². The van der Waals surface area contributed by atoms with Gasteiger partial charge in [-0.3, -0.25) is 0 Å². The van der Waals surface area contributed by atoms with Crippen LogP contribution in [0.1, 0.15) is 12.0 Å². The quantitative estimate of drug-likeness (QED) is 0.491. The topological polar surface area (TPSA) is 72.2 Å². The third-order valence-electron chi connectivity index (χ3n) is 2.25. The number of rotatable bonds is 5. The Balaban J connectivity index is 3.06. The van der Waals surface area contributed by atoms with Gasteiger partial charge in [-0.1, -0.05) is 17.7 Å². The van der Waals surface area contributed by atoms with Crippen LogP contribution in [0.3, 0.4) is 0 Å². The second-order valence-electron chi connectivity index (χ2n) is 3.61. The summed E-state index contributed by atoms with van der Waals surface area (Å²) in [6, 6.07) is 2.91. The summed E-state index contributed by atoms with van der Waals surface area (Å²) < 4.78 is 26.2. The first-order valence-corrected chi connectivity index (χ1v) is 6.91. The maximum atomic E-state index is 11.9. The van der Waals surface area contributed by atoms with E-state index >= 15 is 0 Å². The van der Waals surface area contributed by atoms with Crippen LogP contribution in [-0.4, -0.2) is 15.0 Å². The average Bonchev–Trinajstić information content (AvgIpc) is 2.23. The molecule has 1 rings (SSSR count). The lowest BCUT2D eigenvalue weighted by atomic mass is 10.2. The maximum absolute atomic E-state index is 11.9. The Morgan fingerprint density at radius 3 is 2.76 bits per heavy atom. The van der Waals surface area contributed by atoms with Gasteiger partial charge in [-0.15, -0.1) is 6.58 Å².